The van der Waals surface area contributed by atoms with Crippen molar-refractivity contribution in [2.24, 2.45) is 0 Å². The van der Waals surface area contributed by atoms with Gasteiger partial charge in [0.05, 0.1) is 24.7 Å². The minimum absolute atomic E-state index is 0.195. The monoisotopic (exact) mass is 334 g/mol. The summed E-state index contributed by atoms with van der Waals surface area (Å²) in [5, 5.41) is 2.59. The van der Waals surface area contributed by atoms with Gasteiger partial charge in [0.15, 0.2) is 0 Å². The molecule has 0 saturated carbocycles. The molecule has 0 unspecified atom stereocenters. The zero-order valence-electron chi connectivity index (χ0n) is 11.7. The number of halogens is 2. The number of benzene rings is 1. The Balaban J connectivity index is 1.95. The highest BCUT2D eigenvalue weighted by molar-refractivity contribution is 7.91. The summed E-state index contributed by atoms with van der Waals surface area (Å²) >= 11 is 0. The summed E-state index contributed by atoms with van der Waals surface area (Å²) in [6, 6.07) is 4.66. The van der Waals surface area contributed by atoms with E-state index in [1.165, 1.54) is 12.1 Å². The first-order valence-corrected chi connectivity index (χ1v) is 8.16. The van der Waals surface area contributed by atoms with Gasteiger partial charge in [-0.3, -0.25) is 9.69 Å². The van der Waals surface area contributed by atoms with E-state index >= 15 is 0 Å². The molecule has 1 fully saturated rings. The number of anilines is 1. The summed E-state index contributed by atoms with van der Waals surface area (Å²) in [5.74, 6) is -3.72. The fraction of sp³-hybridized carbons (Fsp3) is 0.462. The Labute approximate surface area is 127 Å². The lowest BCUT2D eigenvalue weighted by Crippen LogP contribution is -2.41. The highest BCUT2D eigenvalue weighted by Crippen LogP contribution is 2.20. The fourth-order valence-electron chi connectivity index (χ4n) is 1.99. The number of rotatable bonds is 5. The lowest BCUT2D eigenvalue weighted by molar-refractivity contribution is -0.118. The van der Waals surface area contributed by atoms with E-state index in [1.54, 1.807) is 0 Å². The zero-order valence-corrected chi connectivity index (χ0v) is 12.5. The minimum Gasteiger partial charge on any atom is -0.379 e. The topological polar surface area (TPSA) is 75.7 Å². The van der Waals surface area contributed by atoms with Crippen LogP contribution in [0.4, 0.5) is 14.5 Å². The van der Waals surface area contributed by atoms with Gasteiger partial charge in [-0.1, -0.05) is 0 Å². The standard InChI is InChI=1S/C13H16F2N2O4S/c14-13(15)22(19,20)11-3-1-10(2-4-11)16-12(18)9-17-5-7-21-8-6-17/h1-4,13H,5-9H2,(H,16,18). The van der Waals surface area contributed by atoms with Crippen molar-refractivity contribution < 1.29 is 26.7 Å². The van der Waals surface area contributed by atoms with Gasteiger partial charge in [0.1, 0.15) is 0 Å². The van der Waals surface area contributed by atoms with E-state index in [0.29, 0.717) is 32.0 Å². The number of nitrogens with zero attached hydrogens (tertiary/aromatic N) is 1. The van der Waals surface area contributed by atoms with Gasteiger partial charge in [0, 0.05) is 18.8 Å². The van der Waals surface area contributed by atoms with Crippen LogP contribution in [0.1, 0.15) is 0 Å². The van der Waals surface area contributed by atoms with Gasteiger partial charge in [0.25, 0.3) is 0 Å². The molecule has 1 aromatic carbocycles. The van der Waals surface area contributed by atoms with Crippen molar-refractivity contribution in [2.75, 3.05) is 38.2 Å². The predicted molar refractivity (Wildman–Crippen MR) is 75.5 cm³/mol. The molecular formula is C13H16F2N2O4S. The zero-order chi connectivity index (χ0) is 16.2. The molecule has 0 spiro atoms. The number of morpholine rings is 1. The molecule has 1 aromatic rings. The van der Waals surface area contributed by atoms with E-state index < -0.39 is 20.5 Å². The lowest BCUT2D eigenvalue weighted by Gasteiger charge is -2.25. The molecule has 0 atom stereocenters. The molecule has 1 aliphatic rings. The number of sulfone groups is 1. The lowest BCUT2D eigenvalue weighted by atomic mass is 10.3. The number of carbonyl (C=O) groups is 1. The molecule has 0 aliphatic carbocycles. The molecule has 0 radical (unpaired) electrons. The quantitative estimate of drug-likeness (QED) is 0.868. The second kappa shape index (κ2) is 7.12. The molecule has 1 N–H and O–H groups in total. The molecule has 2 rings (SSSR count). The van der Waals surface area contributed by atoms with Crippen LogP contribution < -0.4 is 5.32 Å². The minimum atomic E-state index is -4.61. The number of hydrogen-bond donors (Lipinski definition) is 1. The fourth-order valence-corrected chi connectivity index (χ4v) is 2.71. The van der Waals surface area contributed by atoms with Gasteiger partial charge in [0.2, 0.25) is 15.7 Å². The third kappa shape index (κ3) is 4.21. The highest BCUT2D eigenvalue weighted by Gasteiger charge is 2.26. The second-order valence-electron chi connectivity index (χ2n) is 4.77. The number of hydrogen-bond acceptors (Lipinski definition) is 5. The van der Waals surface area contributed by atoms with Crippen LogP contribution in [0.25, 0.3) is 0 Å². The summed E-state index contributed by atoms with van der Waals surface area (Å²) in [6.07, 6.45) is 0. The molecule has 22 heavy (non-hydrogen) atoms. The number of alkyl halides is 2. The number of amides is 1. The summed E-state index contributed by atoms with van der Waals surface area (Å²) in [6.45, 7) is 2.68. The van der Waals surface area contributed by atoms with Crippen LogP contribution in [0, 0.1) is 0 Å². The maximum absolute atomic E-state index is 12.4. The highest BCUT2D eigenvalue weighted by atomic mass is 32.2. The van der Waals surface area contributed by atoms with Crippen molar-refractivity contribution in [1.29, 1.82) is 0 Å². The maximum atomic E-state index is 12.4. The van der Waals surface area contributed by atoms with Crippen LogP contribution in [0.3, 0.4) is 0 Å². The normalized spacial score (nSPS) is 16.7. The van der Waals surface area contributed by atoms with Gasteiger partial charge in [-0.25, -0.2) is 8.42 Å². The molecule has 1 aliphatic heterocycles. The van der Waals surface area contributed by atoms with Gasteiger partial charge in [-0.15, -0.1) is 0 Å². The number of ether oxygens (including phenoxy) is 1. The third-order valence-corrected chi connectivity index (χ3v) is 4.57. The van der Waals surface area contributed by atoms with Crippen molar-refractivity contribution in [3.05, 3.63) is 24.3 Å². The van der Waals surface area contributed by atoms with Crippen LogP contribution in [-0.2, 0) is 19.4 Å². The first-order chi connectivity index (χ1) is 10.4. The van der Waals surface area contributed by atoms with Crippen LogP contribution in [0.5, 0.6) is 0 Å². The maximum Gasteiger partial charge on any atom is 0.341 e. The van der Waals surface area contributed by atoms with Crippen molar-refractivity contribution in [3.8, 4) is 0 Å². The largest absolute Gasteiger partial charge is 0.379 e. The summed E-state index contributed by atoms with van der Waals surface area (Å²) in [4.78, 5) is 13.3. The van der Waals surface area contributed by atoms with E-state index in [1.807, 2.05) is 4.90 Å². The van der Waals surface area contributed by atoms with Crippen LogP contribution in [0.2, 0.25) is 0 Å². The summed E-state index contributed by atoms with van der Waals surface area (Å²) in [7, 11) is -4.61. The van der Waals surface area contributed by atoms with Gasteiger partial charge in [-0.05, 0) is 24.3 Å². The molecule has 1 amide bonds. The predicted octanol–water partition coefficient (Wildman–Crippen LogP) is 0.954. The smallest absolute Gasteiger partial charge is 0.341 e. The van der Waals surface area contributed by atoms with Crippen LogP contribution in [0.15, 0.2) is 29.2 Å². The molecule has 0 aromatic heterocycles. The van der Waals surface area contributed by atoms with E-state index in [4.69, 9.17) is 4.74 Å². The summed E-state index contributed by atoms with van der Waals surface area (Å²) < 4.78 is 52.5. The van der Waals surface area contributed by atoms with E-state index in [2.05, 4.69) is 5.32 Å². The third-order valence-electron chi connectivity index (χ3n) is 3.17. The Morgan fingerprint density at radius 2 is 1.82 bits per heavy atom. The van der Waals surface area contributed by atoms with Gasteiger partial charge in [-0.2, -0.15) is 8.78 Å². The average molecular weight is 334 g/mol. The Kier molecular flexibility index (Phi) is 5.43. The van der Waals surface area contributed by atoms with Gasteiger partial charge >= 0.3 is 5.76 Å². The molecular weight excluding hydrogens is 318 g/mol. The summed E-state index contributed by atoms with van der Waals surface area (Å²) in [5.41, 5.74) is 0.353. The van der Waals surface area contributed by atoms with Crippen LogP contribution in [-0.4, -0.2) is 57.8 Å². The Hall–Kier alpha value is -1.58. The molecule has 0 bridgehead atoms. The molecule has 1 saturated heterocycles. The number of carbonyl (C=O) groups excluding carboxylic acids is 1. The average Bonchev–Trinajstić information content (AvgIpc) is 2.48. The van der Waals surface area contributed by atoms with Crippen molar-refractivity contribution in [3.63, 3.8) is 0 Å². The first kappa shape index (κ1) is 16.8. The van der Waals surface area contributed by atoms with Crippen molar-refractivity contribution in [1.82, 2.24) is 4.90 Å². The molecule has 122 valence electrons. The SMILES string of the molecule is O=C(CN1CCOCC1)Nc1ccc(S(=O)(=O)C(F)F)cc1. The first-order valence-electron chi connectivity index (χ1n) is 6.61. The van der Waals surface area contributed by atoms with Crippen LogP contribution >= 0.6 is 0 Å². The molecule has 9 heteroatoms. The second-order valence-corrected chi connectivity index (χ2v) is 6.68. The van der Waals surface area contributed by atoms with E-state index in [9.17, 15) is 22.0 Å². The Bertz CT molecular complexity index is 613. The van der Waals surface area contributed by atoms with Crippen molar-refractivity contribution >= 4 is 21.4 Å². The molecule has 6 nitrogen and oxygen atoms in total. The Morgan fingerprint density at radius 3 is 2.36 bits per heavy atom. The van der Waals surface area contributed by atoms with E-state index in [-0.39, 0.29) is 12.5 Å². The molecule has 1 heterocycles. The number of nitrogens with one attached hydrogen (secondary N) is 1. The van der Waals surface area contributed by atoms with E-state index in [0.717, 1.165) is 12.1 Å². The Morgan fingerprint density at radius 1 is 1.23 bits per heavy atom. The van der Waals surface area contributed by atoms with Crippen molar-refractivity contribution in [2.45, 2.75) is 10.7 Å². The van der Waals surface area contributed by atoms with Gasteiger partial charge < -0.3 is 10.1 Å².